The monoisotopic (exact) mass is 260 g/mol. The highest BCUT2D eigenvalue weighted by Crippen LogP contribution is 2.44. The minimum absolute atomic E-state index is 0.249. The van der Waals surface area contributed by atoms with Crippen molar-refractivity contribution in [2.24, 2.45) is 11.8 Å². The molecule has 0 amide bonds. The van der Waals surface area contributed by atoms with E-state index in [1.807, 2.05) is 12.1 Å². The molecule has 0 bridgehead atoms. The van der Waals surface area contributed by atoms with Crippen LogP contribution in [0.15, 0.2) is 24.3 Å². The average molecular weight is 260 g/mol. The molecule has 2 aliphatic carbocycles. The Bertz CT molecular complexity index is 455. The first-order chi connectivity index (χ1) is 9.25. The molecular weight excluding hydrogens is 240 g/mol. The summed E-state index contributed by atoms with van der Waals surface area (Å²) in [6.07, 6.45) is 6.19. The maximum absolute atomic E-state index is 10.9. The largest absolute Gasteiger partial charge is 0.313 e. The molecule has 0 saturated heterocycles. The molecule has 4 nitrogen and oxygen atoms in total. The van der Waals surface area contributed by atoms with Crippen molar-refractivity contribution in [2.75, 3.05) is 6.54 Å². The van der Waals surface area contributed by atoms with Crippen molar-refractivity contribution in [1.29, 1.82) is 0 Å². The van der Waals surface area contributed by atoms with Crippen molar-refractivity contribution in [3.8, 4) is 0 Å². The molecule has 3 rings (SSSR count). The number of nitro benzene ring substituents is 1. The third-order valence-electron chi connectivity index (χ3n) is 4.22. The second-order valence-electron chi connectivity index (χ2n) is 5.79. The van der Waals surface area contributed by atoms with Crippen LogP contribution in [0.1, 0.15) is 31.2 Å². The molecule has 0 aromatic heterocycles. The summed E-state index contributed by atoms with van der Waals surface area (Å²) in [5.74, 6) is 1.75. The van der Waals surface area contributed by atoms with Crippen LogP contribution in [0.4, 0.5) is 5.69 Å². The predicted molar refractivity (Wildman–Crippen MR) is 74.0 cm³/mol. The highest BCUT2D eigenvalue weighted by molar-refractivity contribution is 5.39. The maximum atomic E-state index is 10.9. The molecule has 0 unspecified atom stereocenters. The van der Waals surface area contributed by atoms with Crippen molar-refractivity contribution < 1.29 is 4.92 Å². The van der Waals surface area contributed by atoms with Crippen LogP contribution in [-0.4, -0.2) is 17.5 Å². The van der Waals surface area contributed by atoms with Crippen molar-refractivity contribution in [3.05, 3.63) is 39.9 Å². The lowest BCUT2D eigenvalue weighted by Crippen LogP contribution is -2.34. The highest BCUT2D eigenvalue weighted by atomic mass is 16.6. The average Bonchev–Trinajstić information content (AvgIpc) is 3.28. The van der Waals surface area contributed by atoms with Gasteiger partial charge in [0.1, 0.15) is 0 Å². The third-order valence-corrected chi connectivity index (χ3v) is 4.22. The Hall–Kier alpha value is -1.42. The number of nitrogens with one attached hydrogen (secondary N) is 1. The molecule has 1 N–H and O–H groups in total. The van der Waals surface area contributed by atoms with E-state index < -0.39 is 0 Å². The maximum Gasteiger partial charge on any atom is 0.272 e. The first kappa shape index (κ1) is 12.6. The van der Waals surface area contributed by atoms with Crippen LogP contribution in [0.2, 0.25) is 0 Å². The standard InChI is InChI=1S/C15H20N2O2/c18-17(19)14-4-2-1-3-11(14)9-10-16-15(12-5-6-12)13-7-8-13/h1-4,12-13,15-16H,5-10H2. The highest BCUT2D eigenvalue weighted by Gasteiger charge is 2.40. The van der Waals surface area contributed by atoms with Gasteiger partial charge in [-0.05, 0) is 50.5 Å². The van der Waals surface area contributed by atoms with Crippen LogP contribution in [-0.2, 0) is 6.42 Å². The summed E-state index contributed by atoms with van der Waals surface area (Å²) in [5.41, 5.74) is 1.09. The molecule has 1 aromatic rings. The Morgan fingerprint density at radius 3 is 2.42 bits per heavy atom. The Morgan fingerprint density at radius 2 is 1.84 bits per heavy atom. The summed E-state index contributed by atoms with van der Waals surface area (Å²) in [7, 11) is 0. The molecule has 19 heavy (non-hydrogen) atoms. The van der Waals surface area contributed by atoms with Crippen LogP contribution in [0.5, 0.6) is 0 Å². The van der Waals surface area contributed by atoms with Gasteiger partial charge in [0.2, 0.25) is 0 Å². The molecule has 4 heteroatoms. The van der Waals surface area contributed by atoms with Gasteiger partial charge in [-0.1, -0.05) is 18.2 Å². The normalized spacial score (nSPS) is 18.8. The van der Waals surface area contributed by atoms with E-state index in [0.29, 0.717) is 6.04 Å². The van der Waals surface area contributed by atoms with E-state index in [2.05, 4.69) is 5.32 Å². The summed E-state index contributed by atoms with van der Waals surface area (Å²) in [6.45, 7) is 0.850. The van der Waals surface area contributed by atoms with Crippen molar-refractivity contribution in [3.63, 3.8) is 0 Å². The van der Waals surface area contributed by atoms with Gasteiger partial charge in [0.25, 0.3) is 5.69 Å². The van der Waals surface area contributed by atoms with E-state index in [1.54, 1.807) is 12.1 Å². The van der Waals surface area contributed by atoms with Gasteiger partial charge in [-0.2, -0.15) is 0 Å². The lowest BCUT2D eigenvalue weighted by Gasteiger charge is -2.17. The van der Waals surface area contributed by atoms with Crippen molar-refractivity contribution in [2.45, 2.75) is 38.1 Å². The van der Waals surface area contributed by atoms with Crippen molar-refractivity contribution >= 4 is 5.69 Å². The Kier molecular flexibility index (Phi) is 3.51. The molecule has 1 aromatic carbocycles. The zero-order valence-corrected chi connectivity index (χ0v) is 11.0. The second-order valence-corrected chi connectivity index (χ2v) is 5.79. The SMILES string of the molecule is O=[N+]([O-])c1ccccc1CCNC(C1CC1)C1CC1. The molecule has 2 fully saturated rings. The topological polar surface area (TPSA) is 55.2 Å². The molecule has 102 valence electrons. The van der Waals surface area contributed by atoms with Gasteiger partial charge in [0, 0.05) is 17.7 Å². The minimum Gasteiger partial charge on any atom is -0.313 e. The van der Waals surface area contributed by atoms with E-state index in [0.717, 1.165) is 30.4 Å². The number of nitrogens with zero attached hydrogens (tertiary/aromatic N) is 1. The van der Waals surface area contributed by atoms with Crippen LogP contribution in [0.25, 0.3) is 0 Å². The fraction of sp³-hybridized carbons (Fsp3) is 0.600. The zero-order chi connectivity index (χ0) is 13.2. The summed E-state index contributed by atoms with van der Waals surface area (Å²) in [6, 6.07) is 7.73. The number of hydrogen-bond acceptors (Lipinski definition) is 3. The van der Waals surface area contributed by atoms with Gasteiger partial charge in [0.15, 0.2) is 0 Å². The first-order valence-electron chi connectivity index (χ1n) is 7.21. The van der Waals surface area contributed by atoms with Crippen LogP contribution in [0, 0.1) is 22.0 Å². The van der Waals surface area contributed by atoms with Gasteiger partial charge < -0.3 is 5.32 Å². The molecule has 0 spiro atoms. The summed E-state index contributed by atoms with van der Waals surface area (Å²) >= 11 is 0. The fourth-order valence-electron chi connectivity index (χ4n) is 2.90. The molecule has 0 aliphatic heterocycles. The summed E-state index contributed by atoms with van der Waals surface area (Å²) in [4.78, 5) is 10.7. The van der Waals surface area contributed by atoms with Gasteiger partial charge >= 0.3 is 0 Å². The van der Waals surface area contributed by atoms with Crippen LogP contribution in [0.3, 0.4) is 0 Å². The summed E-state index contributed by atoms with van der Waals surface area (Å²) < 4.78 is 0. The fourth-order valence-corrected chi connectivity index (χ4v) is 2.90. The smallest absolute Gasteiger partial charge is 0.272 e. The third kappa shape index (κ3) is 3.13. The van der Waals surface area contributed by atoms with E-state index in [9.17, 15) is 10.1 Å². The number of nitro groups is 1. The Morgan fingerprint density at radius 1 is 1.21 bits per heavy atom. The van der Waals surface area contributed by atoms with Gasteiger partial charge in [-0.15, -0.1) is 0 Å². The Labute approximate surface area is 113 Å². The van der Waals surface area contributed by atoms with E-state index in [1.165, 1.54) is 25.7 Å². The molecule has 2 saturated carbocycles. The first-order valence-corrected chi connectivity index (χ1v) is 7.21. The van der Waals surface area contributed by atoms with E-state index in [4.69, 9.17) is 0 Å². The second kappa shape index (κ2) is 5.29. The Balaban J connectivity index is 1.55. The molecule has 0 atom stereocenters. The number of benzene rings is 1. The van der Waals surface area contributed by atoms with Gasteiger partial charge in [-0.25, -0.2) is 0 Å². The molecule has 0 heterocycles. The molecular formula is C15H20N2O2. The lowest BCUT2D eigenvalue weighted by atomic mass is 10.1. The summed E-state index contributed by atoms with van der Waals surface area (Å²) in [5, 5.41) is 14.6. The molecule has 0 radical (unpaired) electrons. The lowest BCUT2D eigenvalue weighted by molar-refractivity contribution is -0.385. The van der Waals surface area contributed by atoms with Crippen LogP contribution >= 0.6 is 0 Å². The van der Waals surface area contributed by atoms with Gasteiger partial charge in [0.05, 0.1) is 4.92 Å². The minimum atomic E-state index is -0.283. The van der Waals surface area contributed by atoms with E-state index >= 15 is 0 Å². The zero-order valence-electron chi connectivity index (χ0n) is 11.0. The number of para-hydroxylation sites is 1. The quantitative estimate of drug-likeness (QED) is 0.606. The number of rotatable bonds is 7. The number of hydrogen-bond donors (Lipinski definition) is 1. The van der Waals surface area contributed by atoms with Crippen LogP contribution < -0.4 is 5.32 Å². The van der Waals surface area contributed by atoms with Crippen molar-refractivity contribution in [1.82, 2.24) is 5.32 Å². The predicted octanol–water partition coefficient (Wildman–Crippen LogP) is 2.92. The molecule has 2 aliphatic rings. The van der Waals surface area contributed by atoms with E-state index in [-0.39, 0.29) is 10.6 Å². The van der Waals surface area contributed by atoms with Gasteiger partial charge in [-0.3, -0.25) is 10.1 Å².